The summed E-state index contributed by atoms with van der Waals surface area (Å²) >= 11 is 0. The molecule has 6 nitrogen and oxygen atoms in total. The van der Waals surface area contributed by atoms with Crippen LogP contribution in [-0.4, -0.2) is 23.7 Å². The highest BCUT2D eigenvalue weighted by Crippen LogP contribution is 2.10. The van der Waals surface area contributed by atoms with E-state index in [0.717, 1.165) is 0 Å². The molecule has 0 amide bonds. The molecule has 0 saturated carbocycles. The average Bonchev–Trinajstić information content (AvgIpc) is 2.48. The number of ether oxygens (including phenoxy) is 1. The Hall–Kier alpha value is -1.59. The third kappa shape index (κ3) is 2.22. The third-order valence-corrected chi connectivity index (χ3v) is 1.29. The van der Waals surface area contributed by atoms with Crippen LogP contribution in [0.25, 0.3) is 0 Å². The van der Waals surface area contributed by atoms with Crippen LogP contribution in [0.4, 0.5) is 0 Å². The number of hydrogen-bond donors (Lipinski definition) is 0. The van der Waals surface area contributed by atoms with Gasteiger partial charge in [0.25, 0.3) is 5.88 Å². The zero-order valence-corrected chi connectivity index (χ0v) is 6.52. The van der Waals surface area contributed by atoms with Crippen LogP contribution < -0.4 is 4.74 Å². The molecule has 0 spiro atoms. The second-order valence-corrected chi connectivity index (χ2v) is 2.14. The normalized spacial score (nSPS) is 9.75. The monoisotopic (exact) mass is 172 g/mol. The predicted molar refractivity (Wildman–Crippen MR) is 38.6 cm³/mol. The molecule has 0 aliphatic rings. The van der Waals surface area contributed by atoms with Crippen LogP contribution in [0.15, 0.2) is 10.6 Å². The molecule has 0 N–H and O–H groups in total. The number of rotatable bonds is 4. The quantitative estimate of drug-likeness (QED) is 0.488. The Morgan fingerprint density at radius 1 is 1.83 bits per heavy atom. The number of hydrogen-bond acceptors (Lipinski definition) is 5. The molecule has 1 heterocycles. The van der Waals surface area contributed by atoms with E-state index in [4.69, 9.17) is 9.26 Å². The molecule has 0 aliphatic heterocycles. The van der Waals surface area contributed by atoms with Crippen molar-refractivity contribution in [2.45, 2.75) is 6.42 Å². The Morgan fingerprint density at radius 3 is 3.08 bits per heavy atom. The summed E-state index contributed by atoms with van der Waals surface area (Å²) in [5.74, 6) is 0.803. The smallest absolute Gasteiger partial charge is 0.254 e. The highest BCUT2D eigenvalue weighted by molar-refractivity contribution is 5.10. The van der Waals surface area contributed by atoms with E-state index >= 15 is 0 Å². The molecule has 1 aromatic rings. The van der Waals surface area contributed by atoms with Gasteiger partial charge in [-0.05, 0) is 5.16 Å². The zero-order chi connectivity index (χ0) is 8.97. The molecule has 0 unspecified atom stereocenters. The minimum atomic E-state index is -0.408. The maximum Gasteiger partial charge on any atom is 0.254 e. The Balaban J connectivity index is 2.47. The van der Waals surface area contributed by atoms with Crippen LogP contribution in [0.3, 0.4) is 0 Å². The summed E-state index contributed by atoms with van der Waals surface area (Å²) < 4.78 is 9.45. The van der Waals surface area contributed by atoms with Crippen LogP contribution in [0.5, 0.6) is 5.88 Å². The third-order valence-electron chi connectivity index (χ3n) is 1.29. The Bertz CT molecular complexity index is 270. The molecule has 1 aromatic heterocycles. The first kappa shape index (κ1) is 8.51. The van der Waals surface area contributed by atoms with Crippen molar-refractivity contribution in [2.24, 2.45) is 0 Å². The summed E-state index contributed by atoms with van der Waals surface area (Å²) in [5, 5.41) is 13.5. The van der Waals surface area contributed by atoms with Gasteiger partial charge in [0.05, 0.1) is 13.5 Å². The summed E-state index contributed by atoms with van der Waals surface area (Å²) in [5.41, 5.74) is 0. The second-order valence-electron chi connectivity index (χ2n) is 2.14. The fourth-order valence-corrected chi connectivity index (χ4v) is 0.710. The lowest BCUT2D eigenvalue weighted by molar-refractivity contribution is -0.479. The highest BCUT2D eigenvalue weighted by atomic mass is 16.6. The van der Waals surface area contributed by atoms with Gasteiger partial charge in [-0.25, -0.2) is 0 Å². The molecule has 0 saturated heterocycles. The Labute approximate surface area is 68.3 Å². The van der Waals surface area contributed by atoms with Gasteiger partial charge >= 0.3 is 0 Å². The van der Waals surface area contributed by atoms with Gasteiger partial charge in [-0.1, -0.05) is 0 Å². The van der Waals surface area contributed by atoms with Crippen molar-refractivity contribution in [1.29, 1.82) is 0 Å². The van der Waals surface area contributed by atoms with Crippen LogP contribution in [-0.2, 0) is 6.42 Å². The summed E-state index contributed by atoms with van der Waals surface area (Å²) in [6.45, 7) is -0.154. The van der Waals surface area contributed by atoms with Crippen molar-refractivity contribution < 1.29 is 14.2 Å². The van der Waals surface area contributed by atoms with Crippen molar-refractivity contribution in [2.75, 3.05) is 13.7 Å². The number of nitrogens with zero attached hydrogens (tertiary/aromatic N) is 2. The summed E-state index contributed by atoms with van der Waals surface area (Å²) in [7, 11) is 1.45. The highest BCUT2D eigenvalue weighted by Gasteiger charge is 2.06. The molecule has 6 heteroatoms. The molecule has 0 aromatic carbocycles. The minimum Gasteiger partial charge on any atom is -0.479 e. The number of methoxy groups -OCH3 is 1. The van der Waals surface area contributed by atoms with Gasteiger partial charge in [-0.2, -0.15) is 0 Å². The van der Waals surface area contributed by atoms with E-state index in [1.54, 1.807) is 0 Å². The molecule has 66 valence electrons. The van der Waals surface area contributed by atoms with E-state index in [-0.39, 0.29) is 13.0 Å². The van der Waals surface area contributed by atoms with E-state index in [2.05, 4.69) is 5.16 Å². The maximum absolute atomic E-state index is 9.96. The van der Waals surface area contributed by atoms with Gasteiger partial charge in [-0.3, -0.25) is 10.1 Å². The SMILES string of the molecule is COc1cc(CC[N+](=O)[O-])on1. The zero-order valence-electron chi connectivity index (χ0n) is 6.52. The van der Waals surface area contributed by atoms with Crippen LogP contribution in [0.2, 0.25) is 0 Å². The lowest BCUT2D eigenvalue weighted by atomic mass is 10.3. The maximum atomic E-state index is 9.96. The fraction of sp³-hybridized carbons (Fsp3) is 0.500. The molecule has 1 rings (SSSR count). The van der Waals surface area contributed by atoms with Gasteiger partial charge in [0.15, 0.2) is 0 Å². The van der Waals surface area contributed by atoms with Crippen LogP contribution in [0.1, 0.15) is 5.76 Å². The van der Waals surface area contributed by atoms with E-state index in [1.165, 1.54) is 13.2 Å². The summed E-state index contributed by atoms with van der Waals surface area (Å²) in [4.78, 5) is 9.55. The average molecular weight is 172 g/mol. The molecular formula is C6H8N2O4. The van der Waals surface area contributed by atoms with Gasteiger partial charge < -0.3 is 9.26 Å². The van der Waals surface area contributed by atoms with Crippen molar-refractivity contribution >= 4 is 0 Å². The largest absolute Gasteiger partial charge is 0.479 e. The van der Waals surface area contributed by atoms with Crippen molar-refractivity contribution in [3.63, 3.8) is 0 Å². The molecule has 12 heavy (non-hydrogen) atoms. The standard InChI is InChI=1S/C6H8N2O4/c1-11-6-4-5(12-7-6)2-3-8(9)10/h4H,2-3H2,1H3. The first-order valence-corrected chi connectivity index (χ1v) is 3.33. The van der Waals surface area contributed by atoms with E-state index in [1.807, 2.05) is 0 Å². The Kier molecular flexibility index (Phi) is 2.62. The van der Waals surface area contributed by atoms with Crippen LogP contribution in [0, 0.1) is 10.1 Å². The van der Waals surface area contributed by atoms with Crippen LogP contribution >= 0.6 is 0 Å². The fourth-order valence-electron chi connectivity index (χ4n) is 0.710. The first-order valence-electron chi connectivity index (χ1n) is 3.33. The minimum absolute atomic E-state index is 0.154. The lowest BCUT2D eigenvalue weighted by Crippen LogP contribution is -2.02. The number of nitro groups is 1. The molecule has 0 radical (unpaired) electrons. The van der Waals surface area contributed by atoms with Crippen molar-refractivity contribution in [3.05, 3.63) is 21.9 Å². The van der Waals surface area contributed by atoms with E-state index in [9.17, 15) is 10.1 Å². The molecular weight excluding hydrogens is 164 g/mol. The van der Waals surface area contributed by atoms with Gasteiger partial charge in [0, 0.05) is 11.0 Å². The van der Waals surface area contributed by atoms with E-state index in [0.29, 0.717) is 11.6 Å². The predicted octanol–water partition coefficient (Wildman–Crippen LogP) is 0.502. The molecule has 0 aliphatic carbocycles. The van der Waals surface area contributed by atoms with Crippen molar-refractivity contribution in [3.8, 4) is 5.88 Å². The molecule has 0 fully saturated rings. The summed E-state index contributed by atoms with van der Waals surface area (Å²) in [6.07, 6.45) is 0.239. The van der Waals surface area contributed by atoms with Gasteiger partial charge in [-0.15, -0.1) is 0 Å². The summed E-state index contributed by atoms with van der Waals surface area (Å²) in [6, 6.07) is 1.53. The topological polar surface area (TPSA) is 78.4 Å². The van der Waals surface area contributed by atoms with Crippen molar-refractivity contribution in [1.82, 2.24) is 5.16 Å². The molecule has 0 bridgehead atoms. The van der Waals surface area contributed by atoms with E-state index < -0.39 is 4.92 Å². The second kappa shape index (κ2) is 3.70. The first-order chi connectivity index (χ1) is 5.72. The van der Waals surface area contributed by atoms with Gasteiger partial charge in [0.2, 0.25) is 6.54 Å². The number of aromatic nitrogens is 1. The van der Waals surface area contributed by atoms with Gasteiger partial charge in [0.1, 0.15) is 5.76 Å². The Morgan fingerprint density at radius 2 is 2.58 bits per heavy atom. The lowest BCUT2D eigenvalue weighted by Gasteiger charge is -1.87. The molecule has 0 atom stereocenters.